The van der Waals surface area contributed by atoms with E-state index in [1.54, 1.807) is 30.6 Å². The van der Waals surface area contributed by atoms with Gasteiger partial charge < -0.3 is 31.0 Å². The van der Waals surface area contributed by atoms with Crippen molar-refractivity contribution >= 4 is 34.3 Å². The number of nitrogens with zero attached hydrogens (tertiary/aromatic N) is 4. The number of hydrogen-bond acceptors (Lipinski definition) is 8. The predicted molar refractivity (Wildman–Crippen MR) is 129 cm³/mol. The molecule has 1 aromatic carbocycles. The highest BCUT2D eigenvalue weighted by molar-refractivity contribution is 5.82. The molecule has 0 radical (unpaired) electrons. The molecule has 4 aromatic rings. The summed E-state index contributed by atoms with van der Waals surface area (Å²) >= 11 is 0. The summed E-state index contributed by atoms with van der Waals surface area (Å²) in [6.07, 6.45) is 5.81. The number of rotatable bonds is 5. The zero-order valence-electron chi connectivity index (χ0n) is 18.5. The number of halogens is 1. The van der Waals surface area contributed by atoms with E-state index in [0.29, 0.717) is 34.9 Å². The number of benzene rings is 1. The van der Waals surface area contributed by atoms with Crippen molar-refractivity contribution in [3.05, 3.63) is 54.6 Å². The van der Waals surface area contributed by atoms with E-state index < -0.39 is 5.82 Å². The van der Waals surface area contributed by atoms with Crippen LogP contribution in [-0.4, -0.2) is 45.6 Å². The summed E-state index contributed by atoms with van der Waals surface area (Å²) in [6.45, 7) is 2.90. The number of nitrogens with one attached hydrogen (secondary N) is 3. The molecule has 34 heavy (non-hydrogen) atoms. The van der Waals surface area contributed by atoms with E-state index >= 15 is 0 Å². The fourth-order valence-corrected chi connectivity index (χ4v) is 4.86. The first-order valence-electron chi connectivity index (χ1n) is 11.4. The highest BCUT2D eigenvalue weighted by atomic mass is 19.1. The van der Waals surface area contributed by atoms with Crippen LogP contribution in [0.15, 0.2) is 48.8 Å². The molecule has 0 amide bonds. The Hall–Kier alpha value is -3.92. The third kappa shape index (κ3) is 3.96. The maximum absolute atomic E-state index is 14.9. The van der Waals surface area contributed by atoms with E-state index in [0.717, 1.165) is 30.8 Å². The highest BCUT2D eigenvalue weighted by Crippen LogP contribution is 2.33. The highest BCUT2D eigenvalue weighted by Gasteiger charge is 2.35. The molecular weight excluding hydrogens is 435 g/mol. The van der Waals surface area contributed by atoms with Gasteiger partial charge in [0.15, 0.2) is 11.6 Å². The van der Waals surface area contributed by atoms with Crippen molar-refractivity contribution in [2.24, 2.45) is 5.92 Å². The Morgan fingerprint density at radius 2 is 2.06 bits per heavy atom. The van der Waals surface area contributed by atoms with Gasteiger partial charge in [-0.1, -0.05) is 0 Å². The molecule has 0 aliphatic carbocycles. The van der Waals surface area contributed by atoms with Crippen LogP contribution in [-0.2, 0) is 0 Å². The van der Waals surface area contributed by atoms with Crippen LogP contribution in [0.2, 0.25) is 0 Å². The van der Waals surface area contributed by atoms with Gasteiger partial charge in [-0.2, -0.15) is 9.97 Å². The number of piperidine rings is 1. The van der Waals surface area contributed by atoms with Gasteiger partial charge in [0.05, 0.1) is 5.39 Å². The molecule has 5 heterocycles. The van der Waals surface area contributed by atoms with Crippen LogP contribution < -0.4 is 26.0 Å². The van der Waals surface area contributed by atoms with Crippen molar-refractivity contribution in [3.8, 4) is 11.5 Å². The van der Waals surface area contributed by atoms with E-state index in [4.69, 9.17) is 10.5 Å². The summed E-state index contributed by atoms with van der Waals surface area (Å²) in [5.74, 6) is 2.24. The maximum Gasteiger partial charge on any atom is 0.223 e. The number of aromatic amines is 1. The largest absolute Gasteiger partial charge is 0.453 e. The fourth-order valence-electron chi connectivity index (χ4n) is 4.86. The minimum absolute atomic E-state index is 0.120. The molecule has 0 bridgehead atoms. The number of ether oxygens (including phenoxy) is 1. The van der Waals surface area contributed by atoms with Gasteiger partial charge in [0, 0.05) is 49.3 Å². The molecule has 6 rings (SSSR count). The van der Waals surface area contributed by atoms with Crippen molar-refractivity contribution in [1.29, 1.82) is 0 Å². The van der Waals surface area contributed by atoms with Crippen molar-refractivity contribution in [3.63, 3.8) is 0 Å². The molecule has 2 fully saturated rings. The van der Waals surface area contributed by atoms with Crippen LogP contribution in [0.5, 0.6) is 11.5 Å². The zero-order valence-corrected chi connectivity index (χ0v) is 18.5. The molecule has 174 valence electrons. The van der Waals surface area contributed by atoms with Crippen LogP contribution in [0.4, 0.5) is 27.7 Å². The second kappa shape index (κ2) is 8.45. The second-order valence-electron chi connectivity index (χ2n) is 8.76. The summed E-state index contributed by atoms with van der Waals surface area (Å²) < 4.78 is 20.7. The Morgan fingerprint density at radius 1 is 1.12 bits per heavy atom. The first-order chi connectivity index (χ1) is 16.6. The van der Waals surface area contributed by atoms with Gasteiger partial charge in [-0.3, -0.25) is 0 Å². The van der Waals surface area contributed by atoms with Gasteiger partial charge in [0.25, 0.3) is 0 Å². The molecular formula is C24H25FN8O. The first-order valence-corrected chi connectivity index (χ1v) is 11.4. The number of anilines is 4. The summed E-state index contributed by atoms with van der Waals surface area (Å²) in [4.78, 5) is 18.2. The molecule has 2 aliphatic heterocycles. The van der Waals surface area contributed by atoms with Crippen molar-refractivity contribution in [2.45, 2.75) is 18.9 Å². The van der Waals surface area contributed by atoms with Gasteiger partial charge in [0.1, 0.15) is 23.0 Å². The standard InChI is InChI=1S/C24H25FN8O/c25-17-10-15(3-4-20(17)34-19-6-9-29-23-16(19)5-8-28-23)30-21-11-22(32-24(26)31-21)33-12-14-2-1-7-27-18(14)13-33/h3-6,8-11,14,18,27H,1-2,7,12-13H2,(H,28,29)(H3,26,30,31,32)/t14-,18+/m1/s1. The van der Waals surface area contributed by atoms with Gasteiger partial charge >= 0.3 is 0 Å². The molecule has 0 spiro atoms. The number of pyridine rings is 1. The number of nitrogens with two attached hydrogens (primary N) is 1. The van der Waals surface area contributed by atoms with Crippen LogP contribution >= 0.6 is 0 Å². The monoisotopic (exact) mass is 460 g/mol. The van der Waals surface area contributed by atoms with Crippen molar-refractivity contribution < 1.29 is 9.13 Å². The average Bonchev–Trinajstić information content (AvgIpc) is 3.48. The molecule has 2 atom stereocenters. The molecule has 10 heteroatoms. The number of H-pyrrole nitrogens is 1. The molecule has 0 unspecified atom stereocenters. The molecule has 9 nitrogen and oxygen atoms in total. The van der Waals surface area contributed by atoms with E-state index in [1.807, 2.05) is 12.1 Å². The number of aromatic nitrogens is 4. The lowest BCUT2D eigenvalue weighted by atomic mass is 9.94. The van der Waals surface area contributed by atoms with Gasteiger partial charge in [0.2, 0.25) is 5.95 Å². The molecule has 5 N–H and O–H groups in total. The minimum atomic E-state index is -0.498. The Bertz CT molecular complexity index is 1330. The lowest BCUT2D eigenvalue weighted by Gasteiger charge is -2.24. The SMILES string of the molecule is Nc1nc(Nc2ccc(Oc3ccnc4[nH]ccc34)c(F)c2)cc(N2C[C@H]3CCCN[C@H]3C2)n1. The van der Waals surface area contributed by atoms with Crippen LogP contribution in [0.25, 0.3) is 11.0 Å². The third-order valence-electron chi connectivity index (χ3n) is 6.50. The third-order valence-corrected chi connectivity index (χ3v) is 6.50. The first kappa shape index (κ1) is 20.7. The van der Waals surface area contributed by atoms with Gasteiger partial charge in [-0.15, -0.1) is 0 Å². The predicted octanol–water partition coefficient (Wildman–Crippen LogP) is 3.80. The van der Waals surface area contributed by atoms with Crippen LogP contribution in [0, 0.1) is 11.7 Å². The lowest BCUT2D eigenvalue weighted by Crippen LogP contribution is -2.40. The van der Waals surface area contributed by atoms with Gasteiger partial charge in [-0.25, -0.2) is 9.37 Å². The van der Waals surface area contributed by atoms with Crippen LogP contribution in [0.1, 0.15) is 12.8 Å². The number of nitrogen functional groups attached to an aromatic ring is 1. The molecule has 2 saturated heterocycles. The summed E-state index contributed by atoms with van der Waals surface area (Å²) in [5, 5.41) is 7.52. The van der Waals surface area contributed by atoms with E-state index in [-0.39, 0.29) is 11.7 Å². The van der Waals surface area contributed by atoms with Crippen LogP contribution in [0.3, 0.4) is 0 Å². The zero-order chi connectivity index (χ0) is 23.1. The Kier molecular flexibility index (Phi) is 5.14. The molecule has 3 aromatic heterocycles. The smallest absolute Gasteiger partial charge is 0.223 e. The summed E-state index contributed by atoms with van der Waals surface area (Å²) in [7, 11) is 0. The van der Waals surface area contributed by atoms with Gasteiger partial charge in [-0.05, 0) is 49.6 Å². The topological polar surface area (TPSA) is 117 Å². The number of hydrogen-bond donors (Lipinski definition) is 4. The Balaban J connectivity index is 1.20. The van der Waals surface area contributed by atoms with E-state index in [1.165, 1.54) is 18.9 Å². The van der Waals surface area contributed by atoms with E-state index in [2.05, 4.69) is 35.5 Å². The van der Waals surface area contributed by atoms with E-state index in [9.17, 15) is 4.39 Å². The minimum Gasteiger partial charge on any atom is -0.453 e. The quantitative estimate of drug-likeness (QED) is 0.355. The Morgan fingerprint density at radius 3 is 2.94 bits per heavy atom. The lowest BCUT2D eigenvalue weighted by molar-refractivity contribution is 0.340. The Labute approximate surface area is 195 Å². The summed E-state index contributed by atoms with van der Waals surface area (Å²) in [6, 6.07) is 10.6. The normalized spacial score (nSPS) is 19.9. The second-order valence-corrected chi connectivity index (χ2v) is 8.76. The fraction of sp³-hybridized carbons (Fsp3) is 0.292. The van der Waals surface area contributed by atoms with Crippen molar-refractivity contribution in [2.75, 3.05) is 35.6 Å². The molecule has 2 aliphatic rings. The molecule has 0 saturated carbocycles. The average molecular weight is 461 g/mol. The van der Waals surface area contributed by atoms with Crippen molar-refractivity contribution in [1.82, 2.24) is 25.3 Å². The summed E-state index contributed by atoms with van der Waals surface area (Å²) in [5.41, 5.74) is 7.21. The maximum atomic E-state index is 14.9. The number of fused-ring (bicyclic) bond motifs is 2.